The monoisotopic (exact) mass is 482 g/mol. The van der Waals surface area contributed by atoms with E-state index in [4.69, 9.17) is 4.98 Å². The molecule has 0 unspecified atom stereocenters. The van der Waals surface area contributed by atoms with Crippen molar-refractivity contribution in [2.75, 3.05) is 18.9 Å². The number of rotatable bonds is 5. The molecule has 162 valence electrons. The van der Waals surface area contributed by atoms with Gasteiger partial charge in [-0.2, -0.15) is 0 Å². The minimum absolute atomic E-state index is 0.0539. The van der Waals surface area contributed by atoms with E-state index >= 15 is 0 Å². The van der Waals surface area contributed by atoms with Crippen LogP contribution in [-0.2, 0) is 17.8 Å². The lowest BCUT2D eigenvalue weighted by molar-refractivity contribution is -0.380. The normalized spacial score (nSPS) is 14.2. The zero-order chi connectivity index (χ0) is 22.2. The molecular weight excluding hydrogens is 464 g/mol. The first kappa shape index (κ1) is 21.0. The summed E-state index contributed by atoms with van der Waals surface area (Å²) in [5.74, 6) is -0.268. The Bertz CT molecular complexity index is 1330. The largest absolute Gasteiger partial charge is 0.324 e. The molecular formula is C22H18N4O3S3. The van der Waals surface area contributed by atoms with Gasteiger partial charge in [-0.05, 0) is 43.3 Å². The van der Waals surface area contributed by atoms with E-state index in [-0.39, 0.29) is 10.9 Å². The summed E-state index contributed by atoms with van der Waals surface area (Å²) in [7, 11) is 2.10. The second kappa shape index (κ2) is 8.55. The molecule has 1 aliphatic rings. The van der Waals surface area contributed by atoms with E-state index in [1.165, 1.54) is 22.6 Å². The molecule has 7 nitrogen and oxygen atoms in total. The van der Waals surface area contributed by atoms with E-state index in [0.717, 1.165) is 56.6 Å². The molecule has 1 aromatic carbocycles. The average molecular weight is 483 g/mol. The molecule has 0 radical (unpaired) electrons. The number of thiazole rings is 1. The van der Waals surface area contributed by atoms with Crippen LogP contribution in [0.2, 0.25) is 0 Å². The van der Waals surface area contributed by atoms with Gasteiger partial charge in [0.15, 0.2) is 0 Å². The third-order valence-electron chi connectivity index (χ3n) is 5.18. The summed E-state index contributed by atoms with van der Waals surface area (Å²) in [6.45, 7) is 1.81. The van der Waals surface area contributed by atoms with E-state index in [9.17, 15) is 14.9 Å². The minimum Gasteiger partial charge on any atom is -0.313 e. The molecule has 1 amide bonds. The highest BCUT2D eigenvalue weighted by Gasteiger charge is 2.26. The lowest BCUT2D eigenvalue weighted by Crippen LogP contribution is -2.25. The molecule has 0 spiro atoms. The van der Waals surface area contributed by atoms with Crippen molar-refractivity contribution in [3.63, 3.8) is 0 Å². The van der Waals surface area contributed by atoms with Gasteiger partial charge in [0.25, 0.3) is 0 Å². The molecule has 0 aliphatic carbocycles. The van der Waals surface area contributed by atoms with Crippen LogP contribution in [0.15, 0.2) is 42.5 Å². The lowest BCUT2D eigenvalue weighted by Gasteiger charge is -2.22. The first-order chi connectivity index (χ1) is 15.5. The third kappa shape index (κ3) is 4.09. The summed E-state index contributed by atoms with van der Waals surface area (Å²) in [5.41, 5.74) is 3.24. The van der Waals surface area contributed by atoms with Crippen LogP contribution in [0.4, 0.5) is 10.0 Å². The van der Waals surface area contributed by atoms with Crippen molar-refractivity contribution in [2.24, 2.45) is 0 Å². The maximum Gasteiger partial charge on any atom is 0.324 e. The predicted molar refractivity (Wildman–Crippen MR) is 132 cm³/mol. The highest BCUT2D eigenvalue weighted by molar-refractivity contribution is 7.23. The summed E-state index contributed by atoms with van der Waals surface area (Å²) in [6, 6.07) is 11.1. The number of carbonyl (C=O) groups is 1. The van der Waals surface area contributed by atoms with Gasteiger partial charge in [-0.25, -0.2) is 4.98 Å². The van der Waals surface area contributed by atoms with Gasteiger partial charge in [0.05, 0.1) is 15.1 Å². The van der Waals surface area contributed by atoms with Crippen molar-refractivity contribution < 1.29 is 9.72 Å². The van der Waals surface area contributed by atoms with Crippen molar-refractivity contribution in [1.82, 2.24) is 9.88 Å². The zero-order valence-corrected chi connectivity index (χ0v) is 19.5. The van der Waals surface area contributed by atoms with Gasteiger partial charge in [-0.15, -0.1) is 22.7 Å². The quantitative estimate of drug-likeness (QED) is 0.226. The summed E-state index contributed by atoms with van der Waals surface area (Å²) in [6.07, 6.45) is 3.94. The Morgan fingerprint density at radius 2 is 2.06 bits per heavy atom. The molecule has 4 heterocycles. The van der Waals surface area contributed by atoms with E-state index in [2.05, 4.69) is 23.3 Å². The van der Waals surface area contributed by atoms with E-state index in [0.29, 0.717) is 4.88 Å². The minimum atomic E-state index is -0.431. The molecule has 0 bridgehead atoms. The number of carbonyl (C=O) groups excluding carboxylic acids is 1. The summed E-state index contributed by atoms with van der Waals surface area (Å²) < 4.78 is 1.12. The van der Waals surface area contributed by atoms with Crippen LogP contribution in [-0.4, -0.2) is 34.3 Å². The highest BCUT2D eigenvalue weighted by atomic mass is 32.1. The number of aromatic nitrogens is 1. The number of nitrogens with one attached hydrogen (secondary N) is 1. The van der Waals surface area contributed by atoms with Crippen LogP contribution in [0.1, 0.15) is 15.3 Å². The zero-order valence-electron chi connectivity index (χ0n) is 17.0. The third-order valence-corrected chi connectivity index (χ3v) is 8.37. The Labute approximate surface area is 195 Å². The van der Waals surface area contributed by atoms with Crippen LogP contribution in [0, 0.1) is 10.1 Å². The van der Waals surface area contributed by atoms with Gasteiger partial charge in [0, 0.05) is 40.5 Å². The van der Waals surface area contributed by atoms with Crippen LogP contribution in [0.5, 0.6) is 0 Å². The number of amides is 1. The first-order valence-electron chi connectivity index (χ1n) is 9.90. The van der Waals surface area contributed by atoms with Gasteiger partial charge in [-0.3, -0.25) is 14.9 Å². The molecule has 0 atom stereocenters. The predicted octanol–water partition coefficient (Wildman–Crippen LogP) is 5.63. The Balaban J connectivity index is 1.47. The second-order valence-electron chi connectivity index (χ2n) is 7.44. The van der Waals surface area contributed by atoms with Crippen molar-refractivity contribution in [3.8, 4) is 10.6 Å². The molecule has 5 rings (SSSR count). The van der Waals surface area contributed by atoms with E-state index in [1.54, 1.807) is 34.8 Å². The number of hydrogen-bond acceptors (Lipinski definition) is 8. The standard InChI is InChI=1S/C22H18N4O3S3/c1-25-11-10-14-17(12-25)32-22(20(14)21-23-15-4-2-3-5-16(15)31-21)24-18(27)8-6-13-7-9-19(30-13)26(28)29/h2-9H,10-12H2,1H3,(H,24,27). The molecule has 0 saturated carbocycles. The number of fused-ring (bicyclic) bond motifs is 2. The fourth-order valence-corrected chi connectivity index (χ4v) is 6.83. The number of hydrogen-bond donors (Lipinski definition) is 1. The smallest absolute Gasteiger partial charge is 0.313 e. The van der Waals surface area contributed by atoms with Crippen LogP contribution >= 0.6 is 34.0 Å². The average Bonchev–Trinajstić information content (AvgIpc) is 3.48. The van der Waals surface area contributed by atoms with E-state index in [1.807, 2.05) is 18.2 Å². The summed E-state index contributed by atoms with van der Waals surface area (Å²) in [4.78, 5) is 32.2. The number of para-hydroxylation sites is 1. The second-order valence-corrected chi connectivity index (χ2v) is 10.7. The van der Waals surface area contributed by atoms with Crippen LogP contribution in [0.3, 0.4) is 0 Å². The molecule has 1 aliphatic heterocycles. The molecule has 32 heavy (non-hydrogen) atoms. The summed E-state index contributed by atoms with van der Waals surface area (Å²) >= 11 is 4.27. The molecule has 0 saturated heterocycles. The van der Waals surface area contributed by atoms with Crippen molar-refractivity contribution in [2.45, 2.75) is 13.0 Å². The van der Waals surface area contributed by atoms with Crippen molar-refractivity contribution >= 4 is 66.2 Å². The molecule has 0 fully saturated rings. The maximum absolute atomic E-state index is 12.7. The molecule has 3 aromatic heterocycles. The number of anilines is 1. The fourth-order valence-electron chi connectivity index (χ4n) is 3.67. The molecule has 4 aromatic rings. The van der Waals surface area contributed by atoms with E-state index < -0.39 is 4.92 Å². The van der Waals surface area contributed by atoms with Gasteiger partial charge >= 0.3 is 5.00 Å². The van der Waals surface area contributed by atoms with Gasteiger partial charge in [0.1, 0.15) is 10.0 Å². The lowest BCUT2D eigenvalue weighted by atomic mass is 10.0. The first-order valence-corrected chi connectivity index (χ1v) is 12.3. The van der Waals surface area contributed by atoms with Crippen molar-refractivity contribution in [1.29, 1.82) is 0 Å². The summed E-state index contributed by atoms with van der Waals surface area (Å²) in [5, 5.41) is 15.7. The Morgan fingerprint density at radius 3 is 2.84 bits per heavy atom. The number of nitrogens with zero attached hydrogens (tertiary/aromatic N) is 3. The van der Waals surface area contributed by atoms with Gasteiger partial charge in [-0.1, -0.05) is 23.5 Å². The molecule has 10 heteroatoms. The maximum atomic E-state index is 12.7. The van der Waals surface area contributed by atoms with Crippen molar-refractivity contribution in [3.05, 3.63) is 67.9 Å². The number of benzene rings is 1. The van der Waals surface area contributed by atoms with Gasteiger partial charge < -0.3 is 10.2 Å². The van der Waals surface area contributed by atoms with Gasteiger partial charge in [0.2, 0.25) is 5.91 Å². The topological polar surface area (TPSA) is 88.4 Å². The highest BCUT2D eigenvalue weighted by Crippen LogP contribution is 2.45. The number of nitro groups is 1. The Kier molecular flexibility index (Phi) is 5.60. The fraction of sp³-hybridized carbons (Fsp3) is 0.182. The SMILES string of the molecule is CN1CCc2c(sc(NC(=O)C=Cc3ccc([N+](=O)[O-])s3)c2-c2nc3ccccc3s2)C1. The molecule has 1 N–H and O–H groups in total. The Hall–Kier alpha value is -2.92. The number of thiophene rings is 2. The van der Waals surface area contributed by atoms with Crippen LogP contribution < -0.4 is 5.32 Å². The van der Waals surface area contributed by atoms with Crippen LogP contribution in [0.25, 0.3) is 26.9 Å². The number of likely N-dealkylation sites (N-methyl/N-ethyl adjacent to an activating group) is 1. The Morgan fingerprint density at radius 1 is 1.22 bits per heavy atom.